The third-order valence-electron chi connectivity index (χ3n) is 13.0. The lowest BCUT2D eigenvalue weighted by Gasteiger charge is -2.27. The maximum atomic E-state index is 12.6. The molecular formula is C58H109NO5. The summed E-state index contributed by atoms with van der Waals surface area (Å²) in [5, 5.41) is 43.9. The van der Waals surface area contributed by atoms with Crippen molar-refractivity contribution < 1.29 is 25.2 Å². The van der Waals surface area contributed by atoms with Crippen molar-refractivity contribution in [3.8, 4) is 0 Å². The van der Waals surface area contributed by atoms with E-state index >= 15 is 0 Å². The Balaban J connectivity index is 3.68. The maximum absolute atomic E-state index is 12.6. The van der Waals surface area contributed by atoms with Crippen molar-refractivity contribution in [2.45, 2.75) is 308 Å². The molecule has 0 radical (unpaired) electrons. The molecule has 0 spiro atoms. The molecule has 0 bridgehead atoms. The van der Waals surface area contributed by atoms with E-state index in [1.54, 1.807) is 0 Å². The second-order valence-corrected chi connectivity index (χ2v) is 19.2. The molecule has 0 aliphatic carbocycles. The number of nitrogens with one attached hydrogen (secondary N) is 1. The summed E-state index contributed by atoms with van der Waals surface area (Å²) in [6.07, 6.45) is 66.1. The zero-order valence-electron chi connectivity index (χ0n) is 42.5. The fourth-order valence-electron chi connectivity index (χ4n) is 8.64. The Hall–Kier alpha value is -1.73. The largest absolute Gasteiger partial charge is 0.394 e. The Morgan fingerprint density at radius 1 is 0.406 bits per heavy atom. The Morgan fingerprint density at radius 2 is 0.750 bits per heavy atom. The molecule has 0 aliphatic rings. The lowest BCUT2D eigenvalue weighted by Crippen LogP contribution is -2.53. The van der Waals surface area contributed by atoms with E-state index in [-0.39, 0.29) is 0 Å². The number of unbranched alkanes of at least 4 members (excludes halogenated alkanes) is 34. The van der Waals surface area contributed by atoms with Gasteiger partial charge >= 0.3 is 0 Å². The molecule has 4 unspecified atom stereocenters. The van der Waals surface area contributed by atoms with Gasteiger partial charge in [0, 0.05) is 0 Å². The zero-order valence-corrected chi connectivity index (χ0v) is 42.5. The summed E-state index contributed by atoms with van der Waals surface area (Å²) in [4.78, 5) is 12.6. The average molecular weight is 901 g/mol. The summed E-state index contributed by atoms with van der Waals surface area (Å²) in [7, 11) is 0. The van der Waals surface area contributed by atoms with Crippen LogP contribution in [0.1, 0.15) is 284 Å². The number of amides is 1. The molecule has 0 saturated carbocycles. The van der Waals surface area contributed by atoms with Crippen molar-refractivity contribution in [2.24, 2.45) is 0 Å². The molecule has 0 aromatic rings. The van der Waals surface area contributed by atoms with E-state index in [0.29, 0.717) is 19.3 Å². The highest BCUT2D eigenvalue weighted by Gasteiger charge is 2.28. The highest BCUT2D eigenvalue weighted by atomic mass is 16.3. The summed E-state index contributed by atoms with van der Waals surface area (Å²) in [5.74, 6) is -0.597. The van der Waals surface area contributed by atoms with Crippen LogP contribution in [0.3, 0.4) is 0 Å². The van der Waals surface area contributed by atoms with E-state index < -0.39 is 36.9 Å². The van der Waals surface area contributed by atoms with Gasteiger partial charge in [0.05, 0.1) is 18.8 Å². The SMILES string of the molecule is CC/C=C\C/C=C\CCCCCCCCCCCCCCCC(O)C(=O)NC(CO)C(O)C(O)CCC/C=C/CC/C=C/CCCCCCCCCCCCCCCCCCCCC. The van der Waals surface area contributed by atoms with Crippen molar-refractivity contribution in [3.05, 3.63) is 48.6 Å². The number of aliphatic hydroxyl groups is 4. The molecule has 376 valence electrons. The summed E-state index contributed by atoms with van der Waals surface area (Å²) in [5.41, 5.74) is 0. The fraction of sp³-hybridized carbons (Fsp3) is 0.845. The topological polar surface area (TPSA) is 110 Å². The van der Waals surface area contributed by atoms with E-state index in [4.69, 9.17) is 0 Å². The van der Waals surface area contributed by atoms with E-state index in [0.717, 1.165) is 51.4 Å². The van der Waals surface area contributed by atoms with E-state index in [1.165, 1.54) is 199 Å². The molecule has 6 heteroatoms. The van der Waals surface area contributed by atoms with Crippen molar-refractivity contribution in [2.75, 3.05) is 6.61 Å². The van der Waals surface area contributed by atoms with Crippen LogP contribution in [0.4, 0.5) is 0 Å². The Labute approximate surface area is 398 Å². The molecule has 0 saturated heterocycles. The fourth-order valence-corrected chi connectivity index (χ4v) is 8.64. The minimum Gasteiger partial charge on any atom is -0.394 e. The van der Waals surface area contributed by atoms with E-state index in [9.17, 15) is 25.2 Å². The van der Waals surface area contributed by atoms with Crippen LogP contribution in [0, 0.1) is 0 Å². The van der Waals surface area contributed by atoms with Gasteiger partial charge in [-0.2, -0.15) is 0 Å². The first kappa shape index (κ1) is 62.3. The summed E-state index contributed by atoms with van der Waals surface area (Å²) >= 11 is 0. The highest BCUT2D eigenvalue weighted by molar-refractivity contribution is 5.80. The van der Waals surface area contributed by atoms with Gasteiger partial charge in [-0.3, -0.25) is 4.79 Å². The number of rotatable bonds is 51. The Kier molecular flexibility index (Phi) is 50.8. The van der Waals surface area contributed by atoms with Gasteiger partial charge in [-0.1, -0.05) is 255 Å². The predicted octanol–water partition coefficient (Wildman–Crippen LogP) is 16.2. The molecule has 0 fully saturated rings. The van der Waals surface area contributed by atoms with E-state index in [2.05, 4.69) is 67.8 Å². The first-order valence-electron chi connectivity index (χ1n) is 28.0. The smallest absolute Gasteiger partial charge is 0.249 e. The maximum Gasteiger partial charge on any atom is 0.249 e. The van der Waals surface area contributed by atoms with Gasteiger partial charge in [0.1, 0.15) is 12.2 Å². The van der Waals surface area contributed by atoms with Gasteiger partial charge in [-0.05, 0) is 77.0 Å². The summed E-state index contributed by atoms with van der Waals surface area (Å²) < 4.78 is 0. The second-order valence-electron chi connectivity index (χ2n) is 19.2. The molecule has 0 rings (SSSR count). The third-order valence-corrected chi connectivity index (χ3v) is 13.0. The lowest BCUT2D eigenvalue weighted by atomic mass is 10.00. The van der Waals surface area contributed by atoms with Crippen LogP contribution in [0.15, 0.2) is 48.6 Å². The van der Waals surface area contributed by atoms with Gasteiger partial charge in [0.2, 0.25) is 5.91 Å². The Morgan fingerprint density at radius 3 is 1.16 bits per heavy atom. The van der Waals surface area contributed by atoms with Gasteiger partial charge in [0.15, 0.2) is 0 Å². The summed E-state index contributed by atoms with van der Waals surface area (Å²) in [6.45, 7) is 3.96. The van der Waals surface area contributed by atoms with Crippen molar-refractivity contribution in [1.82, 2.24) is 5.32 Å². The number of carbonyl (C=O) groups excluding carboxylic acids is 1. The molecule has 0 heterocycles. The van der Waals surface area contributed by atoms with Crippen molar-refractivity contribution >= 4 is 5.91 Å². The standard InChI is InChI=1S/C58H109NO5/c1-3-5-7-9-11-13-15-17-19-21-23-25-26-27-28-29-30-31-32-34-35-37-39-41-43-45-47-49-51-55(61)57(63)54(53-60)59-58(64)56(62)52-50-48-46-44-42-40-38-36-33-24-22-20-18-16-14-12-10-8-6-4-2/h6,8,12,14,35,37,43,45,54-57,60-63H,3-5,7,9-11,13,15-34,36,38-42,44,46-53H2,1-2H3,(H,59,64)/b8-6-,14-12-,37-35+,45-43+. The number of aliphatic hydroxyl groups excluding tert-OH is 4. The molecule has 64 heavy (non-hydrogen) atoms. The van der Waals surface area contributed by atoms with Crippen LogP contribution in [0.25, 0.3) is 0 Å². The van der Waals surface area contributed by atoms with Crippen LogP contribution in [0.2, 0.25) is 0 Å². The molecule has 0 aromatic heterocycles. The van der Waals surface area contributed by atoms with Gasteiger partial charge in [-0.25, -0.2) is 0 Å². The normalized spacial score (nSPS) is 14.2. The second kappa shape index (κ2) is 52.2. The van der Waals surface area contributed by atoms with Crippen molar-refractivity contribution in [1.29, 1.82) is 0 Å². The van der Waals surface area contributed by atoms with Crippen LogP contribution in [0.5, 0.6) is 0 Å². The minimum absolute atomic E-state index is 0.358. The summed E-state index contributed by atoms with van der Waals surface area (Å²) in [6, 6.07) is -1.01. The molecule has 5 N–H and O–H groups in total. The van der Waals surface area contributed by atoms with Crippen LogP contribution in [-0.2, 0) is 4.79 Å². The third kappa shape index (κ3) is 45.4. The lowest BCUT2D eigenvalue weighted by molar-refractivity contribution is -0.132. The van der Waals surface area contributed by atoms with E-state index in [1.807, 2.05) is 0 Å². The van der Waals surface area contributed by atoms with Crippen LogP contribution in [-0.4, -0.2) is 57.3 Å². The van der Waals surface area contributed by atoms with Gasteiger partial charge in [-0.15, -0.1) is 0 Å². The molecule has 4 atom stereocenters. The first-order valence-corrected chi connectivity index (χ1v) is 28.0. The van der Waals surface area contributed by atoms with Gasteiger partial charge in [0.25, 0.3) is 0 Å². The molecule has 6 nitrogen and oxygen atoms in total. The quantitative estimate of drug-likeness (QED) is 0.0309. The molecule has 0 aromatic carbocycles. The van der Waals surface area contributed by atoms with Crippen molar-refractivity contribution in [3.63, 3.8) is 0 Å². The molecule has 1 amide bonds. The highest BCUT2D eigenvalue weighted by Crippen LogP contribution is 2.17. The predicted molar refractivity (Wildman–Crippen MR) is 279 cm³/mol. The first-order chi connectivity index (χ1) is 31.5. The molecule has 0 aliphatic heterocycles. The number of allylic oxidation sites excluding steroid dienone is 8. The number of carbonyl (C=O) groups is 1. The molecular weight excluding hydrogens is 791 g/mol. The zero-order chi connectivity index (χ0) is 46.7. The minimum atomic E-state index is -1.29. The average Bonchev–Trinajstić information content (AvgIpc) is 3.30. The Bertz CT molecular complexity index is 1060. The number of hydrogen-bond acceptors (Lipinski definition) is 5. The van der Waals surface area contributed by atoms with Gasteiger partial charge < -0.3 is 25.7 Å². The monoisotopic (exact) mass is 900 g/mol. The number of hydrogen-bond donors (Lipinski definition) is 5. The van der Waals surface area contributed by atoms with Crippen LogP contribution >= 0.6 is 0 Å². The van der Waals surface area contributed by atoms with Crippen LogP contribution < -0.4 is 5.32 Å².